The number of hydrogen-bond donors (Lipinski definition) is 0. The zero-order chi connectivity index (χ0) is 18.4. The lowest BCUT2D eigenvalue weighted by molar-refractivity contribution is -0.165. The number of fused-ring (bicyclic) bond motifs is 1. The molecule has 1 aliphatic heterocycles. The number of carbonyl (C=O) groups excluding carboxylic acids is 2. The van der Waals surface area contributed by atoms with E-state index in [0.29, 0.717) is 24.2 Å². The van der Waals surface area contributed by atoms with Crippen molar-refractivity contribution in [3.05, 3.63) is 12.2 Å². The molecule has 2 aliphatic carbocycles. The molecule has 7 nitrogen and oxygen atoms in total. The van der Waals surface area contributed by atoms with E-state index in [-0.39, 0.29) is 29.7 Å². The lowest BCUT2D eigenvalue weighted by atomic mass is 9.82. The molecule has 2 saturated carbocycles. The molecule has 3 aliphatic rings. The van der Waals surface area contributed by atoms with Gasteiger partial charge in [-0.15, -0.1) is 0 Å². The Bertz CT molecular complexity index is 701. The Morgan fingerprint density at radius 2 is 2.08 bits per heavy atom. The van der Waals surface area contributed by atoms with E-state index >= 15 is 0 Å². The fourth-order valence-corrected chi connectivity index (χ4v) is 6.66. The zero-order valence-corrected chi connectivity index (χ0v) is 15.9. The van der Waals surface area contributed by atoms with Crippen molar-refractivity contribution in [2.75, 3.05) is 19.0 Å². The maximum Gasteiger partial charge on any atom is 0.332 e. The molecule has 2 bridgehead atoms. The predicted molar refractivity (Wildman–Crippen MR) is 91.4 cm³/mol. The Morgan fingerprint density at radius 1 is 1.36 bits per heavy atom. The van der Waals surface area contributed by atoms with E-state index in [1.54, 1.807) is 6.92 Å². The monoisotopic (exact) mass is 390 g/mol. The van der Waals surface area contributed by atoms with E-state index < -0.39 is 33.5 Å². The highest BCUT2D eigenvalue weighted by molar-refractivity contribution is 8.14. The number of hydrogen-bond acceptors (Lipinski definition) is 8. The molecule has 3 fully saturated rings. The Morgan fingerprint density at radius 3 is 2.76 bits per heavy atom. The van der Waals surface area contributed by atoms with E-state index in [0.717, 1.165) is 11.8 Å². The van der Waals surface area contributed by atoms with Crippen LogP contribution in [-0.2, 0) is 33.4 Å². The first-order valence-corrected chi connectivity index (χ1v) is 10.6. The third-order valence-corrected chi connectivity index (χ3v) is 7.89. The minimum Gasteiger partial charge on any atom is -0.457 e. The molecule has 0 aromatic carbocycles. The number of rotatable bonds is 7. The second-order valence-electron chi connectivity index (χ2n) is 7.20. The summed E-state index contributed by atoms with van der Waals surface area (Å²) in [7, 11) is -3.54. The highest BCUT2D eigenvalue weighted by Crippen LogP contribution is 2.62. The molecular weight excluding hydrogens is 368 g/mol. The Hall–Kier alpha value is -0.900. The van der Waals surface area contributed by atoms with Crippen LogP contribution < -0.4 is 0 Å². The van der Waals surface area contributed by atoms with Crippen molar-refractivity contribution in [3.63, 3.8) is 0 Å². The van der Waals surface area contributed by atoms with E-state index in [2.05, 4.69) is 6.58 Å². The zero-order valence-electron chi connectivity index (χ0n) is 14.2. The van der Waals surface area contributed by atoms with Gasteiger partial charge in [-0.1, -0.05) is 25.3 Å². The molecule has 9 heteroatoms. The summed E-state index contributed by atoms with van der Waals surface area (Å²) >= 11 is 1.09. The molecule has 0 spiro atoms. The molecule has 5 unspecified atom stereocenters. The van der Waals surface area contributed by atoms with Crippen molar-refractivity contribution in [3.8, 4) is 0 Å². The smallest absolute Gasteiger partial charge is 0.332 e. The van der Waals surface area contributed by atoms with Gasteiger partial charge < -0.3 is 9.47 Å². The number of carbonyl (C=O) groups is 2. The molecule has 1 saturated heterocycles. The number of ether oxygens (including phenoxy) is 2. The van der Waals surface area contributed by atoms with Crippen molar-refractivity contribution in [1.29, 1.82) is 0 Å². The maximum absolute atomic E-state index is 12.0. The van der Waals surface area contributed by atoms with Crippen molar-refractivity contribution in [2.45, 2.75) is 44.1 Å². The predicted octanol–water partition coefficient (Wildman–Crippen LogP) is 1.28. The van der Waals surface area contributed by atoms with E-state index in [4.69, 9.17) is 13.7 Å². The van der Waals surface area contributed by atoms with Gasteiger partial charge in [-0.25, -0.2) is 4.79 Å². The molecular formula is C16H22O7S2. The van der Waals surface area contributed by atoms with Crippen LogP contribution >= 0.6 is 11.8 Å². The Labute approximate surface area is 151 Å². The van der Waals surface area contributed by atoms with Crippen molar-refractivity contribution in [1.82, 2.24) is 0 Å². The van der Waals surface area contributed by atoms with Crippen LogP contribution in [0.2, 0.25) is 0 Å². The highest BCUT2D eigenvalue weighted by Gasteiger charge is 2.70. The molecule has 3 rings (SSSR count). The first kappa shape index (κ1) is 18.9. The summed E-state index contributed by atoms with van der Waals surface area (Å²) in [6.45, 7) is 7.14. The molecule has 0 radical (unpaired) electrons. The first-order chi connectivity index (χ1) is 11.6. The topological polar surface area (TPSA) is 96.0 Å². The van der Waals surface area contributed by atoms with Crippen LogP contribution in [0.15, 0.2) is 12.2 Å². The van der Waals surface area contributed by atoms with Crippen LogP contribution in [0.1, 0.15) is 26.7 Å². The summed E-state index contributed by atoms with van der Waals surface area (Å²) in [6, 6.07) is 0. The summed E-state index contributed by atoms with van der Waals surface area (Å²) in [6.07, 6.45) is 0.0394. The van der Waals surface area contributed by atoms with E-state index in [1.165, 1.54) is 0 Å². The van der Waals surface area contributed by atoms with Gasteiger partial charge in [-0.2, -0.15) is 8.42 Å². The van der Waals surface area contributed by atoms with Gasteiger partial charge in [0.15, 0.2) is 0 Å². The average Bonchev–Trinajstić information content (AvgIpc) is 3.05. The second-order valence-corrected chi connectivity index (χ2v) is 10.0. The SMILES string of the molecule is C=C(C)C(=O)SCCOCC(=O)OC1C2OS(=O)(=O)C3CC1(C)CC23. The average molecular weight is 390 g/mol. The van der Waals surface area contributed by atoms with Gasteiger partial charge in [0.1, 0.15) is 18.8 Å². The second kappa shape index (κ2) is 6.68. The molecule has 0 aromatic heterocycles. The lowest BCUT2D eigenvalue weighted by Crippen LogP contribution is -2.42. The quantitative estimate of drug-likeness (QED) is 0.278. The van der Waals surface area contributed by atoms with Crippen LogP contribution in [0, 0.1) is 11.3 Å². The molecule has 25 heavy (non-hydrogen) atoms. The number of thioether (sulfide) groups is 1. The molecule has 0 amide bonds. The summed E-state index contributed by atoms with van der Waals surface area (Å²) < 4.78 is 39.9. The van der Waals surface area contributed by atoms with Gasteiger partial charge in [0.25, 0.3) is 10.1 Å². The largest absolute Gasteiger partial charge is 0.457 e. The van der Waals surface area contributed by atoms with Crippen molar-refractivity contribution in [2.24, 2.45) is 11.3 Å². The highest BCUT2D eigenvalue weighted by atomic mass is 32.2. The summed E-state index contributed by atoms with van der Waals surface area (Å²) in [4.78, 5) is 23.4. The van der Waals surface area contributed by atoms with Gasteiger partial charge in [0.05, 0.1) is 11.9 Å². The molecule has 140 valence electrons. The molecule has 0 N–H and O–H groups in total. The summed E-state index contributed by atoms with van der Waals surface area (Å²) in [5.41, 5.74) is 0.113. The van der Waals surface area contributed by atoms with Gasteiger partial charge in [-0.05, 0) is 25.3 Å². The summed E-state index contributed by atoms with van der Waals surface area (Å²) in [5.74, 6) is -0.203. The lowest BCUT2D eigenvalue weighted by Gasteiger charge is -2.32. The third-order valence-electron chi connectivity index (χ3n) is 5.16. The van der Waals surface area contributed by atoms with Crippen molar-refractivity contribution >= 4 is 33.0 Å². The van der Waals surface area contributed by atoms with Gasteiger partial charge >= 0.3 is 5.97 Å². The van der Waals surface area contributed by atoms with Gasteiger partial charge in [0.2, 0.25) is 5.12 Å². The van der Waals surface area contributed by atoms with Crippen LogP contribution in [0.25, 0.3) is 0 Å². The molecule has 5 atom stereocenters. The van der Waals surface area contributed by atoms with E-state index in [9.17, 15) is 18.0 Å². The van der Waals surface area contributed by atoms with Crippen molar-refractivity contribution < 1.29 is 31.7 Å². The Kier molecular flexibility index (Phi) is 5.04. The van der Waals surface area contributed by atoms with Crippen LogP contribution in [0.3, 0.4) is 0 Å². The fourth-order valence-electron chi connectivity index (χ4n) is 4.07. The molecule has 0 aromatic rings. The standard InChI is InChI=1S/C16H22O7S2/c1-9(2)15(18)24-5-4-21-8-12(17)22-14-13-10-6-16(14,3)7-11(10)25(19,20)23-13/h10-11,13-14H,1,4-8H2,2-3H3. The van der Waals surface area contributed by atoms with Crippen LogP contribution in [-0.4, -0.2) is 55.9 Å². The first-order valence-electron chi connectivity index (χ1n) is 8.16. The number of esters is 1. The molecule has 1 heterocycles. The normalized spacial score (nSPS) is 37.2. The van der Waals surface area contributed by atoms with Crippen LogP contribution in [0.5, 0.6) is 0 Å². The maximum atomic E-state index is 12.0. The third kappa shape index (κ3) is 3.51. The minimum atomic E-state index is -3.54. The summed E-state index contributed by atoms with van der Waals surface area (Å²) in [5, 5.41) is -0.563. The van der Waals surface area contributed by atoms with E-state index in [1.807, 2.05) is 6.92 Å². The minimum absolute atomic E-state index is 0.0849. The van der Waals surface area contributed by atoms with Gasteiger partial charge in [-0.3, -0.25) is 8.98 Å². The fraction of sp³-hybridized carbons (Fsp3) is 0.750. The Balaban J connectivity index is 1.45. The van der Waals surface area contributed by atoms with Gasteiger partial charge in [0, 0.05) is 17.1 Å². The van der Waals surface area contributed by atoms with Crippen LogP contribution in [0.4, 0.5) is 0 Å².